The van der Waals surface area contributed by atoms with Crippen molar-refractivity contribution in [2.75, 3.05) is 39.8 Å². The summed E-state index contributed by atoms with van der Waals surface area (Å²) in [6, 6.07) is 0. The zero-order valence-electron chi connectivity index (χ0n) is 12.9. The average molecular weight is 278 g/mol. The Morgan fingerprint density at radius 2 is 1.90 bits per heavy atom. The third-order valence-corrected chi connectivity index (χ3v) is 7.33. The summed E-state index contributed by atoms with van der Waals surface area (Å²) in [4.78, 5) is 17.6. The molecule has 2 aliphatic carbocycles. The molecule has 0 aromatic rings. The molecule has 0 unspecified atom stereocenters. The van der Waals surface area contributed by atoms with Gasteiger partial charge in [-0.3, -0.25) is 4.79 Å². The predicted octanol–water partition coefficient (Wildman–Crippen LogP) is 1.36. The van der Waals surface area contributed by atoms with E-state index in [1.165, 1.54) is 6.42 Å². The minimum absolute atomic E-state index is 0.0606. The van der Waals surface area contributed by atoms with Gasteiger partial charge in [-0.15, -0.1) is 0 Å². The van der Waals surface area contributed by atoms with Crippen molar-refractivity contribution >= 4 is 5.91 Å². The van der Waals surface area contributed by atoms with Gasteiger partial charge in [0.1, 0.15) is 0 Å². The lowest BCUT2D eigenvalue weighted by atomic mass is 9.66. The van der Waals surface area contributed by atoms with Gasteiger partial charge >= 0.3 is 0 Å². The summed E-state index contributed by atoms with van der Waals surface area (Å²) >= 11 is 0. The molecule has 0 aromatic heterocycles. The van der Waals surface area contributed by atoms with Crippen LogP contribution in [0.1, 0.15) is 33.1 Å². The van der Waals surface area contributed by atoms with E-state index in [0.29, 0.717) is 11.8 Å². The topological polar surface area (TPSA) is 32.8 Å². The van der Waals surface area contributed by atoms with Crippen LogP contribution in [0, 0.1) is 16.7 Å². The van der Waals surface area contributed by atoms with E-state index in [1.54, 1.807) is 0 Å². The molecule has 0 N–H and O–H groups in total. The fourth-order valence-corrected chi connectivity index (χ4v) is 5.50. The van der Waals surface area contributed by atoms with Crippen LogP contribution in [0.15, 0.2) is 0 Å². The molecule has 4 rings (SSSR count). The highest BCUT2D eigenvalue weighted by Gasteiger charge is 2.78. The van der Waals surface area contributed by atoms with E-state index < -0.39 is 5.60 Å². The van der Waals surface area contributed by atoms with Crippen LogP contribution in [0.2, 0.25) is 0 Å². The SMILES string of the molecule is CN1CCN(C(=O)[C@@]23C[C@H]4CC[C@]2(C)[C@@]4(C)CO3)CC1. The number of amides is 1. The first-order valence-corrected chi connectivity index (χ1v) is 8.05. The quantitative estimate of drug-likeness (QED) is 0.726. The molecule has 4 heteroatoms. The van der Waals surface area contributed by atoms with Crippen molar-refractivity contribution < 1.29 is 9.53 Å². The third kappa shape index (κ3) is 1.24. The molecule has 2 heterocycles. The van der Waals surface area contributed by atoms with E-state index in [-0.39, 0.29) is 10.8 Å². The van der Waals surface area contributed by atoms with Gasteiger partial charge in [-0.25, -0.2) is 0 Å². The molecule has 0 spiro atoms. The predicted molar refractivity (Wildman–Crippen MR) is 76.3 cm³/mol. The molecule has 2 saturated heterocycles. The molecule has 2 saturated carbocycles. The lowest BCUT2D eigenvalue weighted by Crippen LogP contribution is -2.59. The summed E-state index contributed by atoms with van der Waals surface area (Å²) < 4.78 is 6.22. The Bertz CT molecular complexity index is 459. The van der Waals surface area contributed by atoms with Crippen LogP contribution in [-0.4, -0.2) is 61.1 Å². The number of carbonyl (C=O) groups excluding carboxylic acids is 1. The summed E-state index contributed by atoms with van der Waals surface area (Å²) in [5, 5.41) is 0. The molecule has 0 aromatic carbocycles. The van der Waals surface area contributed by atoms with E-state index in [2.05, 4.69) is 30.7 Å². The lowest BCUT2D eigenvalue weighted by molar-refractivity contribution is -0.168. The molecule has 1 amide bonds. The molecule has 4 aliphatic rings. The third-order valence-electron chi connectivity index (χ3n) is 7.33. The van der Waals surface area contributed by atoms with E-state index in [4.69, 9.17) is 4.74 Å². The molecule has 112 valence electrons. The second-order valence-corrected chi connectivity index (χ2v) is 7.90. The van der Waals surface area contributed by atoms with E-state index >= 15 is 0 Å². The smallest absolute Gasteiger partial charge is 0.255 e. The highest BCUT2D eigenvalue weighted by molar-refractivity contribution is 5.88. The van der Waals surface area contributed by atoms with E-state index in [9.17, 15) is 4.79 Å². The number of rotatable bonds is 1. The highest BCUT2D eigenvalue weighted by atomic mass is 16.5. The normalized spacial score (nSPS) is 51.0. The number of nitrogens with zero attached hydrogens (tertiary/aromatic N) is 2. The Labute approximate surface area is 121 Å². The second kappa shape index (κ2) is 3.77. The molecule has 4 fully saturated rings. The van der Waals surface area contributed by atoms with Gasteiger partial charge in [-0.05, 0) is 32.2 Å². The Balaban J connectivity index is 1.64. The second-order valence-electron chi connectivity index (χ2n) is 7.90. The number of ether oxygens (including phenoxy) is 1. The minimum atomic E-state index is -0.499. The molecule has 2 aliphatic heterocycles. The van der Waals surface area contributed by atoms with Crippen molar-refractivity contribution in [2.24, 2.45) is 16.7 Å². The summed E-state index contributed by atoms with van der Waals surface area (Å²) in [5.41, 5.74) is -0.207. The molecule has 0 radical (unpaired) electrons. The maximum absolute atomic E-state index is 13.2. The standard InChI is InChI=1S/C16H26N2O2/c1-14-11-20-16(10-12(14)4-5-15(14,16)2)13(19)18-8-6-17(3)7-9-18/h12H,4-11H2,1-3H3/t12-,14+,15-,16+/m1/s1. The van der Waals surface area contributed by atoms with Crippen LogP contribution in [0.3, 0.4) is 0 Å². The Morgan fingerprint density at radius 1 is 1.20 bits per heavy atom. The molecular weight excluding hydrogens is 252 g/mol. The average Bonchev–Trinajstić information content (AvgIpc) is 2.91. The maximum Gasteiger partial charge on any atom is 0.255 e. The van der Waals surface area contributed by atoms with Gasteiger partial charge in [-0.1, -0.05) is 13.8 Å². The first-order chi connectivity index (χ1) is 9.43. The first kappa shape index (κ1) is 13.1. The number of piperazine rings is 1. The Hall–Kier alpha value is -0.610. The van der Waals surface area contributed by atoms with Crippen LogP contribution in [0.4, 0.5) is 0 Å². The van der Waals surface area contributed by atoms with Crippen LogP contribution in [0.5, 0.6) is 0 Å². The number of hydrogen-bond donors (Lipinski definition) is 0. The van der Waals surface area contributed by atoms with Crippen molar-refractivity contribution in [2.45, 2.75) is 38.7 Å². The zero-order chi connectivity index (χ0) is 14.2. The van der Waals surface area contributed by atoms with Crippen molar-refractivity contribution in [3.8, 4) is 0 Å². The van der Waals surface area contributed by atoms with Crippen LogP contribution >= 0.6 is 0 Å². The Morgan fingerprint density at radius 3 is 2.50 bits per heavy atom. The maximum atomic E-state index is 13.2. The molecule has 4 atom stereocenters. The lowest BCUT2D eigenvalue weighted by Gasteiger charge is -2.44. The fourth-order valence-electron chi connectivity index (χ4n) is 5.50. The summed E-state index contributed by atoms with van der Waals surface area (Å²) in [7, 11) is 2.13. The van der Waals surface area contributed by atoms with Gasteiger partial charge in [0.15, 0.2) is 5.60 Å². The van der Waals surface area contributed by atoms with Crippen molar-refractivity contribution in [1.82, 2.24) is 9.80 Å². The number of likely N-dealkylation sites (N-methyl/N-ethyl adjacent to an activating group) is 1. The zero-order valence-corrected chi connectivity index (χ0v) is 12.9. The molecule has 4 bridgehead atoms. The monoisotopic (exact) mass is 278 g/mol. The summed E-state index contributed by atoms with van der Waals surface area (Å²) in [6.07, 6.45) is 3.41. The summed E-state index contributed by atoms with van der Waals surface area (Å²) in [6.45, 7) is 9.15. The van der Waals surface area contributed by atoms with Gasteiger partial charge in [-0.2, -0.15) is 0 Å². The van der Waals surface area contributed by atoms with E-state index in [0.717, 1.165) is 45.6 Å². The van der Waals surface area contributed by atoms with Gasteiger partial charge in [0.25, 0.3) is 5.91 Å². The van der Waals surface area contributed by atoms with E-state index in [1.807, 2.05) is 0 Å². The number of carbonyl (C=O) groups is 1. The van der Waals surface area contributed by atoms with Crippen LogP contribution in [-0.2, 0) is 9.53 Å². The summed E-state index contributed by atoms with van der Waals surface area (Å²) in [5.74, 6) is 0.983. The number of hydrogen-bond acceptors (Lipinski definition) is 3. The van der Waals surface area contributed by atoms with Crippen molar-refractivity contribution in [3.63, 3.8) is 0 Å². The van der Waals surface area contributed by atoms with Gasteiger partial charge in [0, 0.05) is 37.0 Å². The minimum Gasteiger partial charge on any atom is -0.364 e. The molecule has 20 heavy (non-hydrogen) atoms. The first-order valence-electron chi connectivity index (χ1n) is 8.05. The highest BCUT2D eigenvalue weighted by Crippen LogP contribution is 2.75. The van der Waals surface area contributed by atoms with Gasteiger partial charge in [0.05, 0.1) is 6.61 Å². The van der Waals surface area contributed by atoms with Crippen LogP contribution in [0.25, 0.3) is 0 Å². The van der Waals surface area contributed by atoms with Gasteiger partial charge in [0.2, 0.25) is 0 Å². The largest absolute Gasteiger partial charge is 0.364 e. The van der Waals surface area contributed by atoms with Crippen molar-refractivity contribution in [3.05, 3.63) is 0 Å². The Kier molecular flexibility index (Phi) is 2.47. The van der Waals surface area contributed by atoms with Gasteiger partial charge < -0.3 is 14.5 Å². The van der Waals surface area contributed by atoms with Crippen molar-refractivity contribution in [1.29, 1.82) is 0 Å². The van der Waals surface area contributed by atoms with Crippen LogP contribution < -0.4 is 0 Å². The molecular formula is C16H26N2O2. The fraction of sp³-hybridized carbons (Fsp3) is 0.938. The molecule has 4 nitrogen and oxygen atoms in total.